The van der Waals surface area contributed by atoms with Gasteiger partial charge >= 0.3 is 0 Å². The Morgan fingerprint density at radius 2 is 1.82 bits per heavy atom. The van der Waals surface area contributed by atoms with Gasteiger partial charge in [-0.3, -0.25) is 4.79 Å². The molecule has 0 radical (unpaired) electrons. The molecule has 0 aliphatic carbocycles. The van der Waals surface area contributed by atoms with Crippen molar-refractivity contribution in [2.75, 3.05) is 10.6 Å². The molecular weight excluding hydrogens is 374 g/mol. The van der Waals surface area contributed by atoms with Crippen LogP contribution >= 0.6 is 11.6 Å². The summed E-state index contributed by atoms with van der Waals surface area (Å²) in [7, 11) is 0. The zero-order valence-electron chi connectivity index (χ0n) is 15.8. The summed E-state index contributed by atoms with van der Waals surface area (Å²) in [6.45, 7) is 3.97. The van der Waals surface area contributed by atoms with Crippen molar-refractivity contribution in [3.05, 3.63) is 77.4 Å². The molecule has 0 aliphatic heterocycles. The number of pyridine rings is 1. The van der Waals surface area contributed by atoms with Gasteiger partial charge in [0, 0.05) is 5.02 Å². The molecule has 0 bridgehead atoms. The van der Waals surface area contributed by atoms with Crippen LogP contribution in [0.15, 0.2) is 66.9 Å². The largest absolute Gasteiger partial charge is 0.489 e. The van der Waals surface area contributed by atoms with Crippen LogP contribution in [0.5, 0.6) is 5.75 Å². The summed E-state index contributed by atoms with van der Waals surface area (Å²) in [5.41, 5.74) is 2.37. The van der Waals surface area contributed by atoms with Crippen molar-refractivity contribution >= 4 is 34.7 Å². The topological polar surface area (TPSA) is 63.2 Å². The Labute approximate surface area is 169 Å². The van der Waals surface area contributed by atoms with Gasteiger partial charge in [-0.25, -0.2) is 4.98 Å². The molecule has 0 fully saturated rings. The van der Waals surface area contributed by atoms with Gasteiger partial charge in [-0.05, 0) is 55.8 Å². The third-order valence-electron chi connectivity index (χ3n) is 3.84. The van der Waals surface area contributed by atoms with Crippen molar-refractivity contribution in [3.63, 3.8) is 0 Å². The molecule has 0 atom stereocenters. The number of amides is 1. The second-order valence-corrected chi connectivity index (χ2v) is 7.01. The van der Waals surface area contributed by atoms with Crippen LogP contribution in [0.2, 0.25) is 5.02 Å². The Balaban J connectivity index is 1.61. The number of rotatable bonds is 7. The van der Waals surface area contributed by atoms with Gasteiger partial charge in [-0.1, -0.05) is 35.9 Å². The first-order valence-corrected chi connectivity index (χ1v) is 9.40. The van der Waals surface area contributed by atoms with Crippen molar-refractivity contribution in [1.82, 2.24) is 4.98 Å². The number of ether oxygens (including phenoxy) is 1. The highest BCUT2D eigenvalue weighted by molar-refractivity contribution is 6.30. The van der Waals surface area contributed by atoms with E-state index >= 15 is 0 Å². The molecule has 1 aromatic heterocycles. The van der Waals surface area contributed by atoms with Crippen molar-refractivity contribution in [2.45, 2.75) is 26.4 Å². The van der Waals surface area contributed by atoms with Gasteiger partial charge in [0.25, 0.3) is 0 Å². The second-order valence-electron chi connectivity index (χ2n) is 6.57. The Kier molecular flexibility index (Phi) is 6.50. The lowest BCUT2D eigenvalue weighted by Crippen LogP contribution is -2.14. The molecule has 3 aromatic rings. The minimum absolute atomic E-state index is 0.0779. The van der Waals surface area contributed by atoms with E-state index in [2.05, 4.69) is 15.6 Å². The highest BCUT2D eigenvalue weighted by Crippen LogP contribution is 2.27. The summed E-state index contributed by atoms with van der Waals surface area (Å²) >= 11 is 5.86. The molecule has 2 aromatic carbocycles. The summed E-state index contributed by atoms with van der Waals surface area (Å²) in [5.74, 6) is 1.32. The molecule has 28 heavy (non-hydrogen) atoms. The molecule has 144 valence electrons. The van der Waals surface area contributed by atoms with Gasteiger partial charge in [-0.15, -0.1) is 0 Å². The van der Waals surface area contributed by atoms with Gasteiger partial charge in [0.1, 0.15) is 11.6 Å². The average Bonchev–Trinajstić information content (AvgIpc) is 2.66. The van der Waals surface area contributed by atoms with Crippen LogP contribution in [0.4, 0.5) is 17.2 Å². The predicted octanol–water partition coefficient (Wildman–Crippen LogP) is 5.45. The van der Waals surface area contributed by atoms with E-state index in [0.29, 0.717) is 16.5 Å². The van der Waals surface area contributed by atoms with E-state index in [4.69, 9.17) is 16.3 Å². The van der Waals surface area contributed by atoms with E-state index in [-0.39, 0.29) is 18.4 Å². The number of hydrogen-bond donors (Lipinski definition) is 2. The van der Waals surface area contributed by atoms with E-state index in [1.54, 1.807) is 24.4 Å². The van der Waals surface area contributed by atoms with Crippen LogP contribution in [-0.4, -0.2) is 17.0 Å². The number of anilines is 3. The summed E-state index contributed by atoms with van der Waals surface area (Å²) in [4.78, 5) is 16.6. The van der Waals surface area contributed by atoms with E-state index in [0.717, 1.165) is 17.0 Å². The lowest BCUT2D eigenvalue weighted by molar-refractivity contribution is -0.115. The molecule has 0 spiro atoms. The SMILES string of the molecule is CC(C)Oc1ccccc1Nc1ccc(NC(=O)Cc2ccc(Cl)cc2)cn1. The molecule has 3 rings (SSSR count). The third-order valence-corrected chi connectivity index (χ3v) is 4.09. The molecule has 0 aliphatic rings. The quantitative estimate of drug-likeness (QED) is 0.558. The number of nitrogens with one attached hydrogen (secondary N) is 2. The predicted molar refractivity (Wildman–Crippen MR) is 114 cm³/mol. The minimum Gasteiger partial charge on any atom is -0.489 e. The fraction of sp³-hybridized carbons (Fsp3) is 0.182. The van der Waals surface area contributed by atoms with Crippen LogP contribution < -0.4 is 15.4 Å². The van der Waals surface area contributed by atoms with Crippen LogP contribution in [0.3, 0.4) is 0 Å². The van der Waals surface area contributed by atoms with E-state index in [9.17, 15) is 4.79 Å². The maximum Gasteiger partial charge on any atom is 0.228 e. The monoisotopic (exact) mass is 395 g/mol. The van der Waals surface area contributed by atoms with Crippen LogP contribution in [0.25, 0.3) is 0 Å². The number of halogens is 1. The molecule has 1 heterocycles. The Bertz CT molecular complexity index is 925. The number of para-hydroxylation sites is 2. The Morgan fingerprint density at radius 3 is 2.50 bits per heavy atom. The molecule has 0 saturated carbocycles. The van der Waals surface area contributed by atoms with E-state index < -0.39 is 0 Å². The van der Waals surface area contributed by atoms with Crippen LogP contribution in [0.1, 0.15) is 19.4 Å². The number of nitrogens with zero attached hydrogens (tertiary/aromatic N) is 1. The summed E-state index contributed by atoms with van der Waals surface area (Å²) in [6, 6.07) is 18.5. The number of benzene rings is 2. The molecular formula is C22H22ClN3O2. The van der Waals surface area contributed by atoms with Gasteiger partial charge in [0.05, 0.1) is 30.1 Å². The summed E-state index contributed by atoms with van der Waals surface area (Å²) in [6.07, 6.45) is 1.97. The van der Waals surface area contributed by atoms with E-state index in [1.165, 1.54) is 0 Å². The highest BCUT2D eigenvalue weighted by atomic mass is 35.5. The number of hydrogen-bond acceptors (Lipinski definition) is 4. The van der Waals surface area contributed by atoms with Crippen LogP contribution in [0, 0.1) is 0 Å². The first-order valence-electron chi connectivity index (χ1n) is 9.02. The normalized spacial score (nSPS) is 10.6. The maximum atomic E-state index is 12.2. The van der Waals surface area contributed by atoms with Gasteiger partial charge in [0.2, 0.25) is 5.91 Å². The first-order chi connectivity index (χ1) is 13.5. The zero-order chi connectivity index (χ0) is 19.9. The smallest absolute Gasteiger partial charge is 0.228 e. The van der Waals surface area contributed by atoms with Crippen molar-refractivity contribution in [1.29, 1.82) is 0 Å². The Hall–Kier alpha value is -3.05. The number of carbonyl (C=O) groups is 1. The van der Waals surface area contributed by atoms with Gasteiger partial charge in [0.15, 0.2) is 0 Å². The number of carbonyl (C=O) groups excluding carboxylic acids is 1. The van der Waals surface area contributed by atoms with Crippen molar-refractivity contribution in [3.8, 4) is 5.75 Å². The first kappa shape index (κ1) is 19.7. The molecule has 0 saturated heterocycles. The standard InChI is InChI=1S/C22H22ClN3O2/c1-15(2)28-20-6-4-3-5-19(20)26-21-12-11-18(14-24-21)25-22(27)13-16-7-9-17(23)10-8-16/h3-12,14-15H,13H2,1-2H3,(H,24,26)(H,25,27). The highest BCUT2D eigenvalue weighted by Gasteiger charge is 2.07. The number of aromatic nitrogens is 1. The average molecular weight is 396 g/mol. The van der Waals surface area contributed by atoms with Crippen molar-refractivity contribution < 1.29 is 9.53 Å². The fourth-order valence-corrected chi connectivity index (χ4v) is 2.73. The van der Waals surface area contributed by atoms with Crippen LogP contribution in [-0.2, 0) is 11.2 Å². The van der Waals surface area contributed by atoms with Gasteiger partial charge in [-0.2, -0.15) is 0 Å². The van der Waals surface area contributed by atoms with Crippen molar-refractivity contribution in [2.24, 2.45) is 0 Å². The summed E-state index contributed by atoms with van der Waals surface area (Å²) < 4.78 is 5.80. The molecule has 6 heteroatoms. The van der Waals surface area contributed by atoms with E-state index in [1.807, 2.05) is 56.3 Å². The minimum atomic E-state index is -0.111. The zero-order valence-corrected chi connectivity index (χ0v) is 16.5. The molecule has 5 nitrogen and oxygen atoms in total. The fourth-order valence-electron chi connectivity index (χ4n) is 2.60. The Morgan fingerprint density at radius 1 is 1.07 bits per heavy atom. The molecule has 1 amide bonds. The van der Waals surface area contributed by atoms with Gasteiger partial charge < -0.3 is 15.4 Å². The maximum absolute atomic E-state index is 12.2. The lowest BCUT2D eigenvalue weighted by Gasteiger charge is -2.15. The molecule has 2 N–H and O–H groups in total. The third kappa shape index (κ3) is 5.72. The lowest BCUT2D eigenvalue weighted by atomic mass is 10.1. The second kappa shape index (κ2) is 9.24. The summed E-state index contributed by atoms with van der Waals surface area (Å²) in [5, 5.41) is 6.74. The molecule has 0 unspecified atom stereocenters.